The van der Waals surface area contributed by atoms with E-state index in [1.54, 1.807) is 30.3 Å². The number of aromatic carboxylic acids is 1. The average molecular weight is 370 g/mol. The number of halogens is 1. The fourth-order valence-electron chi connectivity index (χ4n) is 1.77. The Morgan fingerprint density at radius 3 is 2.29 bits per heavy atom. The Morgan fingerprint density at radius 1 is 1.14 bits per heavy atom. The van der Waals surface area contributed by atoms with Gasteiger partial charge in [-0.25, -0.2) is 13.2 Å². The van der Waals surface area contributed by atoms with Crippen LogP contribution in [0.2, 0.25) is 0 Å². The Kier molecular flexibility index (Phi) is 4.34. The number of carbonyl (C=O) groups is 1. The van der Waals surface area contributed by atoms with Gasteiger partial charge >= 0.3 is 5.97 Å². The summed E-state index contributed by atoms with van der Waals surface area (Å²) in [7, 11) is -2.33. The van der Waals surface area contributed by atoms with Crippen LogP contribution in [0.3, 0.4) is 0 Å². The number of anilines is 1. The fraction of sp³-hybridized carbons (Fsp3) is 0.0714. The van der Waals surface area contributed by atoms with Gasteiger partial charge in [0.2, 0.25) is 0 Å². The maximum absolute atomic E-state index is 12.6. The lowest BCUT2D eigenvalue weighted by molar-refractivity contribution is 0.0696. The molecule has 0 aliphatic carbocycles. The molecule has 1 N–H and O–H groups in total. The molecule has 21 heavy (non-hydrogen) atoms. The molecule has 0 saturated carbocycles. The highest BCUT2D eigenvalue weighted by Gasteiger charge is 2.24. The number of sulfonamides is 1. The zero-order valence-electron chi connectivity index (χ0n) is 11.0. The number of hydrogen-bond donors (Lipinski definition) is 1. The molecule has 7 heteroatoms. The molecule has 0 atom stereocenters. The van der Waals surface area contributed by atoms with Crippen molar-refractivity contribution in [1.82, 2.24) is 0 Å². The van der Waals surface area contributed by atoms with Crippen molar-refractivity contribution in [3.05, 3.63) is 58.6 Å². The van der Waals surface area contributed by atoms with Gasteiger partial charge in [-0.2, -0.15) is 0 Å². The molecule has 0 spiro atoms. The van der Waals surface area contributed by atoms with Gasteiger partial charge in [0.1, 0.15) is 4.90 Å². The first-order valence-electron chi connectivity index (χ1n) is 5.91. The van der Waals surface area contributed by atoms with Gasteiger partial charge in [-0.1, -0.05) is 18.2 Å². The standard InChI is InChI=1S/C14H12BrNO4S/c1-16(11-5-3-2-4-6-11)21(19,20)13-8-7-10(14(17)18)9-12(13)15/h2-9H,1H3,(H,17,18). The maximum Gasteiger partial charge on any atom is 0.335 e. The van der Waals surface area contributed by atoms with Crippen molar-refractivity contribution in [2.45, 2.75) is 4.90 Å². The minimum Gasteiger partial charge on any atom is -0.478 e. The summed E-state index contributed by atoms with van der Waals surface area (Å²) in [4.78, 5) is 10.9. The van der Waals surface area contributed by atoms with Gasteiger partial charge in [0.15, 0.2) is 0 Å². The first-order valence-corrected chi connectivity index (χ1v) is 8.14. The number of hydrogen-bond acceptors (Lipinski definition) is 3. The third kappa shape index (κ3) is 3.08. The number of carboxylic acid groups (broad SMARTS) is 1. The predicted octanol–water partition coefficient (Wildman–Crippen LogP) is 2.97. The van der Waals surface area contributed by atoms with E-state index in [0.717, 1.165) is 4.31 Å². The van der Waals surface area contributed by atoms with Crippen LogP contribution in [-0.2, 0) is 10.0 Å². The normalized spacial score (nSPS) is 11.1. The van der Waals surface area contributed by atoms with E-state index in [2.05, 4.69) is 15.9 Å². The minimum atomic E-state index is -3.77. The van der Waals surface area contributed by atoms with E-state index in [1.807, 2.05) is 0 Å². The van der Waals surface area contributed by atoms with Gasteiger partial charge in [0.05, 0.1) is 11.3 Å². The Labute approximate surface area is 131 Å². The molecule has 0 amide bonds. The van der Waals surface area contributed by atoms with Crippen molar-refractivity contribution >= 4 is 37.6 Å². The molecule has 0 bridgehead atoms. The van der Waals surface area contributed by atoms with Crippen molar-refractivity contribution in [3.63, 3.8) is 0 Å². The molecule has 110 valence electrons. The van der Waals surface area contributed by atoms with Gasteiger partial charge in [0.25, 0.3) is 10.0 Å². The highest BCUT2D eigenvalue weighted by Crippen LogP contribution is 2.28. The van der Waals surface area contributed by atoms with Crippen molar-refractivity contribution in [3.8, 4) is 0 Å². The Morgan fingerprint density at radius 2 is 1.76 bits per heavy atom. The molecular weight excluding hydrogens is 358 g/mol. The Balaban J connectivity index is 2.47. The van der Waals surface area contributed by atoms with E-state index < -0.39 is 16.0 Å². The number of para-hydroxylation sites is 1. The molecule has 0 heterocycles. The van der Waals surface area contributed by atoms with Gasteiger partial charge in [-0.05, 0) is 46.3 Å². The van der Waals surface area contributed by atoms with Crippen molar-refractivity contribution in [2.75, 3.05) is 11.4 Å². The first kappa shape index (κ1) is 15.5. The van der Waals surface area contributed by atoms with Crippen LogP contribution >= 0.6 is 15.9 Å². The second-order valence-corrected chi connectivity index (χ2v) is 7.05. The molecule has 0 unspecified atom stereocenters. The van der Waals surface area contributed by atoms with E-state index in [9.17, 15) is 13.2 Å². The first-order chi connectivity index (χ1) is 9.84. The SMILES string of the molecule is CN(c1ccccc1)S(=O)(=O)c1ccc(C(=O)O)cc1Br. The van der Waals surface area contributed by atoms with Crippen LogP contribution in [0.5, 0.6) is 0 Å². The Hall–Kier alpha value is -1.86. The molecule has 0 aliphatic rings. The lowest BCUT2D eigenvalue weighted by Crippen LogP contribution is -2.26. The number of carboxylic acids is 1. The summed E-state index contributed by atoms with van der Waals surface area (Å²) < 4.78 is 26.5. The summed E-state index contributed by atoms with van der Waals surface area (Å²) in [6.07, 6.45) is 0. The summed E-state index contributed by atoms with van der Waals surface area (Å²) >= 11 is 3.12. The summed E-state index contributed by atoms with van der Waals surface area (Å²) in [5.41, 5.74) is 0.537. The van der Waals surface area contributed by atoms with E-state index >= 15 is 0 Å². The molecule has 0 aromatic heterocycles. The van der Waals surface area contributed by atoms with Crippen molar-refractivity contribution < 1.29 is 18.3 Å². The molecule has 0 fully saturated rings. The monoisotopic (exact) mass is 369 g/mol. The Bertz CT molecular complexity index is 775. The van der Waals surface area contributed by atoms with Crippen LogP contribution in [0.15, 0.2) is 57.9 Å². The zero-order valence-corrected chi connectivity index (χ0v) is 13.4. The van der Waals surface area contributed by atoms with Crippen LogP contribution in [0.4, 0.5) is 5.69 Å². The predicted molar refractivity (Wildman–Crippen MR) is 83.1 cm³/mol. The third-order valence-electron chi connectivity index (χ3n) is 2.94. The van der Waals surface area contributed by atoms with E-state index in [-0.39, 0.29) is 14.9 Å². The second-order valence-electron chi connectivity index (χ2n) is 4.26. The second kappa shape index (κ2) is 5.87. The topological polar surface area (TPSA) is 74.7 Å². The molecule has 5 nitrogen and oxygen atoms in total. The minimum absolute atomic E-state index is 0.0128. The van der Waals surface area contributed by atoms with Crippen LogP contribution in [0, 0.1) is 0 Å². The summed E-state index contributed by atoms with van der Waals surface area (Å²) in [5.74, 6) is -1.11. The highest BCUT2D eigenvalue weighted by atomic mass is 79.9. The van der Waals surface area contributed by atoms with Crippen molar-refractivity contribution in [1.29, 1.82) is 0 Å². The average Bonchev–Trinajstić information content (AvgIpc) is 2.46. The maximum atomic E-state index is 12.6. The molecule has 0 saturated heterocycles. The van der Waals surface area contributed by atoms with E-state index in [0.29, 0.717) is 5.69 Å². The summed E-state index contributed by atoms with van der Waals surface area (Å²) in [6, 6.07) is 12.4. The van der Waals surface area contributed by atoms with Gasteiger partial charge < -0.3 is 5.11 Å². The molecule has 0 aliphatic heterocycles. The van der Waals surface area contributed by atoms with E-state index in [4.69, 9.17) is 5.11 Å². The van der Waals surface area contributed by atoms with Gasteiger partial charge in [-0.3, -0.25) is 4.31 Å². The largest absolute Gasteiger partial charge is 0.478 e. The van der Waals surface area contributed by atoms with E-state index in [1.165, 1.54) is 25.2 Å². The fourth-order valence-corrected chi connectivity index (χ4v) is 4.00. The van der Waals surface area contributed by atoms with Gasteiger partial charge in [-0.15, -0.1) is 0 Å². The van der Waals surface area contributed by atoms with Crippen LogP contribution < -0.4 is 4.31 Å². The summed E-state index contributed by atoms with van der Waals surface area (Å²) in [5, 5.41) is 8.91. The number of nitrogens with zero attached hydrogens (tertiary/aromatic N) is 1. The smallest absolute Gasteiger partial charge is 0.335 e. The highest BCUT2D eigenvalue weighted by molar-refractivity contribution is 9.10. The molecular formula is C14H12BrNO4S. The third-order valence-corrected chi connectivity index (χ3v) is 5.70. The summed E-state index contributed by atoms with van der Waals surface area (Å²) in [6.45, 7) is 0. The van der Waals surface area contributed by atoms with Crippen molar-refractivity contribution in [2.24, 2.45) is 0 Å². The number of rotatable bonds is 4. The lowest BCUT2D eigenvalue weighted by Gasteiger charge is -2.20. The zero-order chi connectivity index (χ0) is 15.6. The lowest BCUT2D eigenvalue weighted by atomic mass is 10.2. The molecule has 2 aromatic rings. The van der Waals surface area contributed by atoms with Gasteiger partial charge in [0, 0.05) is 11.5 Å². The van der Waals surface area contributed by atoms with Crippen LogP contribution in [0.1, 0.15) is 10.4 Å². The molecule has 2 aromatic carbocycles. The molecule has 0 radical (unpaired) electrons. The van der Waals surface area contributed by atoms with Crippen LogP contribution in [-0.4, -0.2) is 26.5 Å². The molecule has 2 rings (SSSR count). The number of benzene rings is 2. The van der Waals surface area contributed by atoms with Crippen LogP contribution in [0.25, 0.3) is 0 Å². The quantitative estimate of drug-likeness (QED) is 0.898.